The Hall–Kier alpha value is -1.87. The van der Waals surface area contributed by atoms with Crippen molar-refractivity contribution >= 4 is 5.91 Å². The first-order valence-electron chi connectivity index (χ1n) is 7.91. The zero-order chi connectivity index (χ0) is 15.9. The molecule has 0 unspecified atom stereocenters. The van der Waals surface area contributed by atoms with Gasteiger partial charge in [-0.25, -0.2) is 0 Å². The minimum atomic E-state index is -0.286. The smallest absolute Gasteiger partial charge is 0.223 e. The summed E-state index contributed by atoms with van der Waals surface area (Å²) in [5.74, 6) is 0.501. The van der Waals surface area contributed by atoms with Crippen molar-refractivity contribution in [2.24, 2.45) is 5.92 Å². The number of nitrogens with zero attached hydrogens (tertiary/aromatic N) is 1. The van der Waals surface area contributed by atoms with E-state index >= 15 is 0 Å². The molecule has 0 radical (unpaired) electrons. The number of hydrogen-bond acceptors (Lipinski definition) is 2. The Bertz CT molecular complexity index is 511. The summed E-state index contributed by atoms with van der Waals surface area (Å²) < 4.78 is 0. The third-order valence-corrected chi connectivity index (χ3v) is 4.49. The summed E-state index contributed by atoms with van der Waals surface area (Å²) in [6.45, 7) is 7.61. The van der Waals surface area contributed by atoms with Gasteiger partial charge in [-0.3, -0.25) is 4.79 Å². The number of carbonyl (C=O) groups excluding carboxylic acids is 1. The molecular weight excluding hydrogens is 274 g/mol. The van der Waals surface area contributed by atoms with Crippen molar-refractivity contribution in [2.75, 3.05) is 6.61 Å². The third kappa shape index (κ3) is 3.47. The zero-order valence-electron chi connectivity index (χ0n) is 13.0. The highest BCUT2D eigenvalue weighted by Crippen LogP contribution is 2.35. The lowest BCUT2D eigenvalue weighted by Crippen LogP contribution is -2.50. The number of carbonyl (C=O) groups is 1. The van der Waals surface area contributed by atoms with Crippen LogP contribution in [0.25, 0.3) is 0 Å². The maximum absolute atomic E-state index is 12.6. The van der Waals surface area contributed by atoms with Gasteiger partial charge in [-0.05, 0) is 30.7 Å². The number of allylic oxidation sites excluding steroid dienone is 1. The highest BCUT2D eigenvalue weighted by molar-refractivity contribution is 5.78. The van der Waals surface area contributed by atoms with Crippen molar-refractivity contribution in [1.82, 2.24) is 4.90 Å². The van der Waals surface area contributed by atoms with Crippen LogP contribution in [0.2, 0.25) is 0 Å². The van der Waals surface area contributed by atoms with Crippen LogP contribution >= 0.6 is 0 Å². The minimum absolute atomic E-state index is 0.0653. The van der Waals surface area contributed by atoms with E-state index in [0.29, 0.717) is 12.3 Å². The van der Waals surface area contributed by atoms with E-state index in [-0.39, 0.29) is 24.6 Å². The maximum atomic E-state index is 12.6. The van der Waals surface area contributed by atoms with Crippen LogP contribution in [0.5, 0.6) is 0 Å². The topological polar surface area (TPSA) is 40.5 Å². The summed E-state index contributed by atoms with van der Waals surface area (Å²) in [5.41, 5.74) is 0.978. The van der Waals surface area contributed by atoms with Gasteiger partial charge < -0.3 is 10.0 Å². The molecule has 0 aliphatic carbocycles. The summed E-state index contributed by atoms with van der Waals surface area (Å²) in [6.07, 6.45) is 6.84. The molecule has 0 bridgehead atoms. The number of amides is 1. The van der Waals surface area contributed by atoms with Gasteiger partial charge >= 0.3 is 0 Å². The molecular formula is C19H25NO2. The quantitative estimate of drug-likeness (QED) is 0.783. The van der Waals surface area contributed by atoms with Gasteiger partial charge in [0, 0.05) is 12.5 Å². The molecule has 22 heavy (non-hydrogen) atoms. The summed E-state index contributed by atoms with van der Waals surface area (Å²) in [7, 11) is 0. The van der Waals surface area contributed by atoms with E-state index < -0.39 is 0 Å². The number of piperidine rings is 1. The first-order valence-corrected chi connectivity index (χ1v) is 7.91. The summed E-state index contributed by atoms with van der Waals surface area (Å²) in [4.78, 5) is 14.4. The maximum Gasteiger partial charge on any atom is 0.223 e. The van der Waals surface area contributed by atoms with Crippen LogP contribution < -0.4 is 0 Å². The molecule has 2 rings (SSSR count). The minimum Gasteiger partial charge on any atom is -0.394 e. The van der Waals surface area contributed by atoms with E-state index in [1.165, 1.54) is 0 Å². The molecule has 1 saturated heterocycles. The first kappa shape index (κ1) is 16.5. The molecule has 1 N–H and O–H groups in total. The van der Waals surface area contributed by atoms with Crippen molar-refractivity contribution in [2.45, 2.75) is 37.8 Å². The van der Waals surface area contributed by atoms with Gasteiger partial charge in [0.1, 0.15) is 0 Å². The third-order valence-electron chi connectivity index (χ3n) is 4.49. The Balaban J connectivity index is 2.34. The molecule has 1 aliphatic heterocycles. The van der Waals surface area contributed by atoms with Gasteiger partial charge in [0.15, 0.2) is 0 Å². The number of aliphatic hydroxyl groups is 1. The Kier molecular flexibility index (Phi) is 5.96. The Labute approximate surface area is 133 Å². The normalized spacial score (nSPS) is 23.1. The molecule has 1 heterocycles. The Morgan fingerprint density at radius 3 is 2.50 bits per heavy atom. The summed E-state index contributed by atoms with van der Waals surface area (Å²) >= 11 is 0. The van der Waals surface area contributed by atoms with Crippen LogP contribution in [0.1, 0.15) is 37.3 Å². The van der Waals surface area contributed by atoms with Crippen molar-refractivity contribution in [3.63, 3.8) is 0 Å². The molecule has 1 fully saturated rings. The van der Waals surface area contributed by atoms with E-state index in [1.54, 1.807) is 0 Å². The second-order valence-corrected chi connectivity index (χ2v) is 5.82. The van der Waals surface area contributed by atoms with Gasteiger partial charge in [0.2, 0.25) is 5.91 Å². The van der Waals surface area contributed by atoms with Crippen molar-refractivity contribution in [3.8, 4) is 0 Å². The molecule has 1 aromatic carbocycles. The predicted molar refractivity (Wildman–Crippen MR) is 89.3 cm³/mol. The van der Waals surface area contributed by atoms with Crippen LogP contribution in [0, 0.1) is 5.92 Å². The van der Waals surface area contributed by atoms with E-state index in [0.717, 1.165) is 24.8 Å². The SMILES string of the molecule is C=CC[C@@H]1CCC(=O)N([C@@H](CO)c2ccccc2)[C@H]1CC=C. The molecule has 118 valence electrons. The molecule has 0 aromatic heterocycles. The Morgan fingerprint density at radius 2 is 1.91 bits per heavy atom. The zero-order valence-corrected chi connectivity index (χ0v) is 13.0. The van der Waals surface area contributed by atoms with E-state index in [2.05, 4.69) is 13.2 Å². The standard InChI is InChI=1S/C19H25NO2/c1-3-8-15-12-13-19(22)20(17(15)9-4-2)18(14-21)16-10-6-5-7-11-16/h3-7,10-11,15,17-18,21H,1-2,8-9,12-14H2/t15-,17+,18+/m1/s1. The Morgan fingerprint density at radius 1 is 1.23 bits per heavy atom. The van der Waals surface area contributed by atoms with Crippen LogP contribution in [-0.4, -0.2) is 28.6 Å². The van der Waals surface area contributed by atoms with Crippen LogP contribution in [0.4, 0.5) is 0 Å². The number of benzene rings is 1. The highest BCUT2D eigenvalue weighted by Gasteiger charge is 2.38. The second-order valence-electron chi connectivity index (χ2n) is 5.82. The van der Waals surface area contributed by atoms with Crippen LogP contribution in [0.15, 0.2) is 55.6 Å². The molecule has 0 saturated carbocycles. The van der Waals surface area contributed by atoms with Gasteiger partial charge in [-0.2, -0.15) is 0 Å². The summed E-state index contributed by atoms with van der Waals surface area (Å²) in [5, 5.41) is 9.91. The molecule has 1 aliphatic rings. The van der Waals surface area contributed by atoms with Gasteiger partial charge in [-0.1, -0.05) is 42.5 Å². The first-order chi connectivity index (χ1) is 10.7. The molecule has 3 nitrogen and oxygen atoms in total. The van der Waals surface area contributed by atoms with Crippen molar-refractivity contribution < 1.29 is 9.90 Å². The predicted octanol–water partition coefficient (Wildman–Crippen LogP) is 3.48. The number of likely N-dealkylation sites (tertiary alicyclic amines) is 1. The second kappa shape index (κ2) is 7.95. The van der Waals surface area contributed by atoms with Gasteiger partial charge in [0.05, 0.1) is 12.6 Å². The summed E-state index contributed by atoms with van der Waals surface area (Å²) in [6, 6.07) is 9.55. The fourth-order valence-corrected chi connectivity index (χ4v) is 3.44. The molecule has 1 aromatic rings. The van der Waals surface area contributed by atoms with Crippen LogP contribution in [-0.2, 0) is 4.79 Å². The van der Waals surface area contributed by atoms with Crippen LogP contribution in [0.3, 0.4) is 0 Å². The van der Waals surface area contributed by atoms with E-state index in [4.69, 9.17) is 0 Å². The fraction of sp³-hybridized carbons (Fsp3) is 0.421. The number of hydrogen-bond donors (Lipinski definition) is 1. The highest BCUT2D eigenvalue weighted by atomic mass is 16.3. The van der Waals surface area contributed by atoms with E-state index in [9.17, 15) is 9.90 Å². The molecule has 3 atom stereocenters. The van der Waals surface area contributed by atoms with Crippen molar-refractivity contribution in [3.05, 3.63) is 61.2 Å². The van der Waals surface area contributed by atoms with Gasteiger partial charge in [0.25, 0.3) is 0 Å². The average molecular weight is 299 g/mol. The molecule has 0 spiro atoms. The lowest BCUT2D eigenvalue weighted by atomic mass is 9.82. The van der Waals surface area contributed by atoms with E-state index in [1.807, 2.05) is 47.4 Å². The number of aliphatic hydroxyl groups excluding tert-OH is 1. The lowest BCUT2D eigenvalue weighted by Gasteiger charge is -2.44. The van der Waals surface area contributed by atoms with Gasteiger partial charge in [-0.15, -0.1) is 13.2 Å². The average Bonchev–Trinajstić information content (AvgIpc) is 2.54. The lowest BCUT2D eigenvalue weighted by molar-refractivity contribution is -0.143. The molecule has 1 amide bonds. The van der Waals surface area contributed by atoms with Crippen molar-refractivity contribution in [1.29, 1.82) is 0 Å². The monoisotopic (exact) mass is 299 g/mol. The molecule has 3 heteroatoms. The largest absolute Gasteiger partial charge is 0.394 e. The number of rotatable bonds is 7. The fourth-order valence-electron chi connectivity index (χ4n) is 3.44.